The van der Waals surface area contributed by atoms with E-state index in [0.717, 1.165) is 19.0 Å². The second-order valence-corrected chi connectivity index (χ2v) is 3.95. The van der Waals surface area contributed by atoms with Gasteiger partial charge in [-0.15, -0.1) is 0 Å². The molecule has 0 spiro atoms. The molecule has 0 aromatic carbocycles. The van der Waals surface area contributed by atoms with Gasteiger partial charge in [0.1, 0.15) is 0 Å². The van der Waals surface area contributed by atoms with Gasteiger partial charge in [-0.05, 0) is 20.0 Å². The summed E-state index contributed by atoms with van der Waals surface area (Å²) in [7, 11) is 3.75. The van der Waals surface area contributed by atoms with Crippen LogP contribution in [-0.4, -0.2) is 50.3 Å². The summed E-state index contributed by atoms with van der Waals surface area (Å²) in [6.07, 6.45) is 1.29. The highest BCUT2D eigenvalue weighted by Gasteiger charge is 2.21. The topological polar surface area (TPSA) is 30.5 Å². The van der Waals surface area contributed by atoms with Crippen LogP contribution in [0.2, 0.25) is 0 Å². The second-order valence-electron chi connectivity index (χ2n) is 3.95. The molecule has 2 N–H and O–H groups in total. The first-order valence-electron chi connectivity index (χ1n) is 6.06. The molecule has 1 aliphatic rings. The second kappa shape index (κ2) is 9.09. The lowest BCUT2D eigenvalue weighted by Gasteiger charge is -2.39. The van der Waals surface area contributed by atoms with Crippen molar-refractivity contribution >= 4 is 0 Å². The van der Waals surface area contributed by atoms with Crippen molar-refractivity contribution < 1.29 is 0 Å². The van der Waals surface area contributed by atoms with Gasteiger partial charge < -0.3 is 5.32 Å². The molecule has 1 aliphatic heterocycles. The van der Waals surface area contributed by atoms with Crippen LogP contribution in [0.15, 0.2) is 0 Å². The largest absolute Gasteiger partial charge is 0.323 e. The van der Waals surface area contributed by atoms with E-state index in [1.807, 2.05) is 14.1 Å². The summed E-state index contributed by atoms with van der Waals surface area (Å²) < 4.78 is 0. The molecule has 0 bridgehead atoms. The maximum Gasteiger partial charge on any atom is 0.0185 e. The van der Waals surface area contributed by atoms with Gasteiger partial charge >= 0.3 is 0 Å². The van der Waals surface area contributed by atoms with Crippen LogP contribution in [-0.2, 0) is 0 Å². The van der Waals surface area contributed by atoms with E-state index in [4.69, 9.17) is 0 Å². The third kappa shape index (κ3) is 6.10. The van der Waals surface area contributed by atoms with Gasteiger partial charge in [0.2, 0.25) is 0 Å². The zero-order valence-electron chi connectivity index (χ0n) is 11.0. The normalized spacial score (nSPS) is 19.8. The van der Waals surface area contributed by atoms with Crippen molar-refractivity contribution in [2.24, 2.45) is 5.92 Å². The van der Waals surface area contributed by atoms with Crippen molar-refractivity contribution in [2.75, 3.05) is 40.3 Å². The van der Waals surface area contributed by atoms with E-state index >= 15 is 0 Å². The van der Waals surface area contributed by atoms with Crippen molar-refractivity contribution in [2.45, 2.75) is 27.2 Å². The summed E-state index contributed by atoms with van der Waals surface area (Å²) in [5.41, 5.74) is 3.38. The molecule has 1 heterocycles. The van der Waals surface area contributed by atoms with Crippen LogP contribution >= 0.6 is 0 Å². The predicted molar refractivity (Wildman–Crippen MR) is 66.4 cm³/mol. The van der Waals surface area contributed by atoms with Crippen LogP contribution in [0, 0.1) is 5.92 Å². The van der Waals surface area contributed by atoms with E-state index in [0.29, 0.717) is 0 Å². The zero-order valence-corrected chi connectivity index (χ0v) is 11.0. The fourth-order valence-electron chi connectivity index (χ4n) is 1.62. The monoisotopic (exact) mass is 216 g/mol. The molecule has 0 aliphatic carbocycles. The average molecular weight is 216 g/mol. The van der Waals surface area contributed by atoms with Crippen LogP contribution in [0.3, 0.4) is 0 Å². The minimum absolute atomic E-state index is 0.839. The summed E-state index contributed by atoms with van der Waals surface area (Å²) >= 11 is 0. The fraction of sp³-hybridized carbons (Fsp3) is 1.00. The standard InChI is InChI=1S/C9H21N3.C2H7N/c1-4-9-7-11(5-2)10-12(6-3)8-9;1-3-2/h9-10H,4-8H2,1-3H3;3H,1-2H3. The van der Waals surface area contributed by atoms with E-state index < -0.39 is 0 Å². The summed E-state index contributed by atoms with van der Waals surface area (Å²) in [5.74, 6) is 0.839. The molecule has 1 fully saturated rings. The smallest absolute Gasteiger partial charge is 0.0185 e. The molecule has 0 aromatic heterocycles. The van der Waals surface area contributed by atoms with Gasteiger partial charge in [0.15, 0.2) is 0 Å². The molecule has 0 amide bonds. The first-order chi connectivity index (χ1) is 7.21. The van der Waals surface area contributed by atoms with Crippen LogP contribution < -0.4 is 10.9 Å². The SMILES string of the molecule is CCC1CN(CC)NN(CC)C1.CNC. The third-order valence-corrected chi connectivity index (χ3v) is 2.58. The Balaban J connectivity index is 0.000000583. The molecule has 4 nitrogen and oxygen atoms in total. The Morgan fingerprint density at radius 2 is 1.47 bits per heavy atom. The molecule has 0 radical (unpaired) electrons. The number of hydrogen-bond acceptors (Lipinski definition) is 4. The Hall–Kier alpha value is -0.160. The maximum atomic E-state index is 3.38. The molecule has 15 heavy (non-hydrogen) atoms. The Morgan fingerprint density at radius 1 is 1.07 bits per heavy atom. The third-order valence-electron chi connectivity index (χ3n) is 2.58. The number of hydrazine groups is 2. The van der Waals surface area contributed by atoms with E-state index in [1.165, 1.54) is 19.5 Å². The minimum atomic E-state index is 0.839. The lowest BCUT2D eigenvalue weighted by atomic mass is 10.1. The Labute approximate surface area is 94.9 Å². The van der Waals surface area contributed by atoms with Gasteiger partial charge in [0.25, 0.3) is 0 Å². The number of nitrogens with one attached hydrogen (secondary N) is 2. The number of nitrogens with zero attached hydrogens (tertiary/aromatic N) is 2. The number of rotatable bonds is 3. The molecule has 92 valence electrons. The molecule has 0 atom stereocenters. The van der Waals surface area contributed by atoms with Crippen molar-refractivity contribution in [1.82, 2.24) is 20.9 Å². The molecule has 4 heteroatoms. The fourth-order valence-corrected chi connectivity index (χ4v) is 1.62. The van der Waals surface area contributed by atoms with Gasteiger partial charge in [-0.2, -0.15) is 5.53 Å². The van der Waals surface area contributed by atoms with Crippen molar-refractivity contribution in [3.05, 3.63) is 0 Å². The average Bonchev–Trinajstić information content (AvgIpc) is 2.29. The maximum absolute atomic E-state index is 3.38. The molecule has 1 saturated heterocycles. The molecule has 0 saturated carbocycles. The highest BCUT2D eigenvalue weighted by molar-refractivity contribution is 4.69. The van der Waals surface area contributed by atoms with Crippen molar-refractivity contribution in [1.29, 1.82) is 0 Å². The van der Waals surface area contributed by atoms with Gasteiger partial charge in [-0.3, -0.25) is 0 Å². The van der Waals surface area contributed by atoms with Crippen LogP contribution in [0.5, 0.6) is 0 Å². The van der Waals surface area contributed by atoms with Gasteiger partial charge in [-0.25, -0.2) is 10.0 Å². The first-order valence-corrected chi connectivity index (χ1v) is 6.06. The predicted octanol–water partition coefficient (Wildman–Crippen LogP) is 0.925. The molecular weight excluding hydrogens is 188 g/mol. The quantitative estimate of drug-likeness (QED) is 0.734. The highest BCUT2D eigenvalue weighted by atomic mass is 15.8. The van der Waals surface area contributed by atoms with Crippen LogP contribution in [0.1, 0.15) is 27.2 Å². The molecule has 1 rings (SSSR count). The molecule has 0 unspecified atom stereocenters. The van der Waals surface area contributed by atoms with E-state index in [1.54, 1.807) is 0 Å². The number of hydrogen-bond donors (Lipinski definition) is 2. The van der Waals surface area contributed by atoms with Gasteiger partial charge in [0, 0.05) is 26.2 Å². The summed E-state index contributed by atoms with van der Waals surface area (Å²) in [6, 6.07) is 0. The molecule has 0 aromatic rings. The van der Waals surface area contributed by atoms with E-state index in [2.05, 4.69) is 41.6 Å². The Bertz CT molecular complexity index is 111. The van der Waals surface area contributed by atoms with Crippen molar-refractivity contribution in [3.8, 4) is 0 Å². The van der Waals surface area contributed by atoms with E-state index in [-0.39, 0.29) is 0 Å². The minimum Gasteiger partial charge on any atom is -0.323 e. The zero-order chi connectivity index (χ0) is 11.7. The van der Waals surface area contributed by atoms with E-state index in [9.17, 15) is 0 Å². The Kier molecular flexibility index (Phi) is 9.00. The van der Waals surface area contributed by atoms with Crippen LogP contribution in [0.4, 0.5) is 0 Å². The van der Waals surface area contributed by atoms with Crippen molar-refractivity contribution in [3.63, 3.8) is 0 Å². The Morgan fingerprint density at radius 3 is 1.73 bits per heavy atom. The highest BCUT2D eigenvalue weighted by Crippen LogP contribution is 2.10. The first kappa shape index (κ1) is 14.8. The lowest BCUT2D eigenvalue weighted by Crippen LogP contribution is -2.58. The van der Waals surface area contributed by atoms with Gasteiger partial charge in [-0.1, -0.05) is 27.2 Å². The lowest BCUT2D eigenvalue weighted by molar-refractivity contribution is -0.0378. The summed E-state index contributed by atoms with van der Waals surface area (Å²) in [4.78, 5) is 0. The van der Waals surface area contributed by atoms with Crippen LogP contribution in [0.25, 0.3) is 0 Å². The van der Waals surface area contributed by atoms with Gasteiger partial charge in [0.05, 0.1) is 0 Å². The molecular formula is C11H28N4. The summed E-state index contributed by atoms with van der Waals surface area (Å²) in [6.45, 7) is 11.2. The summed E-state index contributed by atoms with van der Waals surface area (Å²) in [5, 5.41) is 7.34.